The minimum atomic E-state index is -2.08. The van der Waals surface area contributed by atoms with Crippen molar-refractivity contribution in [2.24, 2.45) is 23.7 Å². The van der Waals surface area contributed by atoms with Crippen LogP contribution in [0.4, 0.5) is 0 Å². The summed E-state index contributed by atoms with van der Waals surface area (Å²) in [5, 5.41) is 70.1. The average Bonchev–Trinajstić information content (AvgIpc) is 3.06. The van der Waals surface area contributed by atoms with Gasteiger partial charge >= 0.3 is 5.97 Å². The van der Waals surface area contributed by atoms with Crippen molar-refractivity contribution in [1.82, 2.24) is 4.90 Å². The van der Waals surface area contributed by atoms with Gasteiger partial charge in [-0.3, -0.25) is 9.59 Å². The largest absolute Gasteiger partial charge is 0.459 e. The van der Waals surface area contributed by atoms with E-state index in [1.807, 2.05) is 25.9 Å². The zero-order chi connectivity index (χ0) is 39.0. The second kappa shape index (κ2) is 17.0. The van der Waals surface area contributed by atoms with E-state index in [1.165, 1.54) is 21.0 Å². The second-order valence-corrected chi connectivity index (χ2v) is 16.5. The zero-order valence-corrected chi connectivity index (χ0v) is 32.7. The zero-order valence-electron chi connectivity index (χ0n) is 32.7. The van der Waals surface area contributed by atoms with Crippen LogP contribution in [-0.4, -0.2) is 153 Å². The van der Waals surface area contributed by atoms with Crippen LogP contribution in [0.1, 0.15) is 94.4 Å². The Morgan fingerprint density at radius 3 is 2.04 bits per heavy atom. The Morgan fingerprint density at radius 1 is 0.882 bits per heavy atom. The quantitative estimate of drug-likeness (QED) is 0.204. The van der Waals surface area contributed by atoms with E-state index in [0.717, 1.165) is 0 Å². The topological polar surface area (TPSA) is 205 Å². The van der Waals surface area contributed by atoms with Gasteiger partial charge in [0, 0.05) is 43.7 Å². The van der Waals surface area contributed by atoms with E-state index in [9.17, 15) is 40.2 Å². The van der Waals surface area contributed by atoms with Gasteiger partial charge in [-0.05, 0) is 68.0 Å². The number of rotatable bonds is 7. The maximum absolute atomic E-state index is 13.9. The van der Waals surface area contributed by atoms with E-state index in [-0.39, 0.29) is 37.8 Å². The standard InChI is InChI=1S/C37H67NO13/c1-13-26-36(9,45)31(41)20(4)28(39)18(2)15-37(46,16-25-29(40)24(38(10)11)14-19(3)48-25)32(42)21(5)30(22(6)34(44)50-26)51-27-17-35(8,47-12)33(43)23(7)49-27/h18-27,29-33,40-43,45-46H,13-17H2,1-12H3. The smallest absolute Gasteiger partial charge is 0.311 e. The molecule has 0 aromatic carbocycles. The molecule has 0 aliphatic carbocycles. The van der Waals surface area contributed by atoms with Crippen molar-refractivity contribution in [3.63, 3.8) is 0 Å². The summed E-state index contributed by atoms with van der Waals surface area (Å²) in [4.78, 5) is 29.7. The van der Waals surface area contributed by atoms with Gasteiger partial charge in [0.05, 0.1) is 59.8 Å². The lowest BCUT2D eigenvalue weighted by Gasteiger charge is -2.48. The van der Waals surface area contributed by atoms with Crippen molar-refractivity contribution < 1.29 is 63.9 Å². The number of aliphatic hydroxyl groups is 6. The predicted molar refractivity (Wildman–Crippen MR) is 186 cm³/mol. The molecule has 298 valence electrons. The van der Waals surface area contributed by atoms with Gasteiger partial charge in [-0.25, -0.2) is 0 Å². The number of carbonyl (C=O) groups excluding carboxylic acids is 2. The van der Waals surface area contributed by atoms with Crippen LogP contribution in [0.2, 0.25) is 0 Å². The molecule has 6 N–H and O–H groups in total. The third-order valence-corrected chi connectivity index (χ3v) is 12.1. The number of ether oxygens (including phenoxy) is 5. The first kappa shape index (κ1) is 44.1. The summed E-state index contributed by atoms with van der Waals surface area (Å²) in [6.45, 7) is 14.4. The molecule has 0 amide bonds. The molecule has 0 spiro atoms. The molecule has 0 radical (unpaired) electrons. The molecule has 3 fully saturated rings. The highest BCUT2D eigenvalue weighted by Gasteiger charge is 2.54. The van der Waals surface area contributed by atoms with E-state index >= 15 is 0 Å². The van der Waals surface area contributed by atoms with Crippen LogP contribution >= 0.6 is 0 Å². The van der Waals surface area contributed by atoms with Crippen LogP contribution in [0.15, 0.2) is 0 Å². The molecule has 0 saturated carbocycles. The normalized spacial score (nSPS) is 49.7. The Hall–Kier alpha value is -1.30. The summed E-state index contributed by atoms with van der Waals surface area (Å²) in [6, 6.07) is -0.305. The fourth-order valence-electron chi connectivity index (χ4n) is 8.59. The maximum Gasteiger partial charge on any atom is 0.311 e. The van der Waals surface area contributed by atoms with Gasteiger partial charge in [0.15, 0.2) is 6.29 Å². The predicted octanol–water partition coefficient (Wildman–Crippen LogP) is 1.17. The minimum Gasteiger partial charge on any atom is -0.459 e. The number of hydrogen-bond acceptors (Lipinski definition) is 14. The minimum absolute atomic E-state index is 0.0637. The van der Waals surface area contributed by atoms with Crippen molar-refractivity contribution in [3.8, 4) is 0 Å². The van der Waals surface area contributed by atoms with Crippen molar-refractivity contribution >= 4 is 11.8 Å². The monoisotopic (exact) mass is 733 g/mol. The maximum atomic E-state index is 13.9. The molecule has 18 unspecified atom stereocenters. The molecule has 51 heavy (non-hydrogen) atoms. The summed E-state index contributed by atoms with van der Waals surface area (Å²) < 4.78 is 30.2. The van der Waals surface area contributed by atoms with E-state index in [0.29, 0.717) is 6.42 Å². The van der Waals surface area contributed by atoms with Gasteiger partial charge in [0.1, 0.15) is 23.6 Å². The average molecular weight is 734 g/mol. The first-order valence-corrected chi connectivity index (χ1v) is 18.5. The molecule has 14 heteroatoms. The number of ketones is 1. The van der Waals surface area contributed by atoms with Crippen LogP contribution in [0.5, 0.6) is 0 Å². The van der Waals surface area contributed by atoms with Crippen molar-refractivity contribution in [2.45, 2.75) is 178 Å². The number of carbonyl (C=O) groups is 2. The first-order chi connectivity index (χ1) is 23.4. The third kappa shape index (κ3) is 9.33. The lowest BCUT2D eigenvalue weighted by molar-refractivity contribution is -0.300. The van der Waals surface area contributed by atoms with Crippen LogP contribution in [-0.2, 0) is 33.3 Å². The molecule has 0 aromatic heterocycles. The molecule has 3 aliphatic heterocycles. The van der Waals surface area contributed by atoms with Crippen LogP contribution < -0.4 is 0 Å². The highest BCUT2D eigenvalue weighted by Crippen LogP contribution is 2.41. The van der Waals surface area contributed by atoms with Crippen molar-refractivity contribution in [3.05, 3.63) is 0 Å². The Labute approximate surface area is 303 Å². The van der Waals surface area contributed by atoms with Gasteiger partial charge in [-0.1, -0.05) is 27.7 Å². The third-order valence-electron chi connectivity index (χ3n) is 12.1. The molecule has 3 saturated heterocycles. The number of esters is 1. The van der Waals surface area contributed by atoms with E-state index in [1.54, 1.807) is 41.5 Å². The van der Waals surface area contributed by atoms with Crippen LogP contribution in [0.3, 0.4) is 0 Å². The van der Waals surface area contributed by atoms with Gasteiger partial charge in [-0.2, -0.15) is 0 Å². The molecule has 3 aliphatic rings. The van der Waals surface area contributed by atoms with E-state index in [4.69, 9.17) is 23.7 Å². The summed E-state index contributed by atoms with van der Waals surface area (Å²) >= 11 is 0. The number of likely N-dealkylation sites (N-methyl/N-ethyl adjacent to an activating group) is 1. The van der Waals surface area contributed by atoms with Crippen molar-refractivity contribution in [1.29, 1.82) is 0 Å². The van der Waals surface area contributed by atoms with Gasteiger partial charge in [-0.15, -0.1) is 0 Å². The molecule has 3 rings (SSSR count). The van der Waals surface area contributed by atoms with Gasteiger partial charge in [0.2, 0.25) is 0 Å². The number of methoxy groups -OCH3 is 1. The fraction of sp³-hybridized carbons (Fsp3) is 0.946. The Balaban J connectivity index is 2.15. The number of Topliss-reactive ketones (excluding diaryl/α,β-unsaturated/α-hetero) is 1. The molecular formula is C37H67NO13. The second-order valence-electron chi connectivity index (χ2n) is 16.5. The van der Waals surface area contributed by atoms with Crippen molar-refractivity contribution in [2.75, 3.05) is 21.2 Å². The number of cyclic esters (lactones) is 1. The lowest BCUT2D eigenvalue weighted by atomic mass is 9.71. The Kier molecular flexibility index (Phi) is 14.7. The van der Waals surface area contributed by atoms with Gasteiger partial charge in [0.25, 0.3) is 0 Å². The summed E-state index contributed by atoms with van der Waals surface area (Å²) in [5.74, 6) is -5.49. The number of aliphatic hydroxyl groups excluding tert-OH is 4. The molecular weight excluding hydrogens is 666 g/mol. The van der Waals surface area contributed by atoms with E-state index in [2.05, 4.69) is 0 Å². The molecule has 18 atom stereocenters. The summed E-state index contributed by atoms with van der Waals surface area (Å²) in [7, 11) is 5.14. The molecule has 14 nitrogen and oxygen atoms in total. The highest BCUT2D eigenvalue weighted by molar-refractivity contribution is 5.83. The summed E-state index contributed by atoms with van der Waals surface area (Å²) in [6.07, 6.45) is -10.5. The van der Waals surface area contributed by atoms with Gasteiger partial charge < -0.3 is 59.2 Å². The SMILES string of the molecule is CCC1OC(=O)C(C)C(OC2CC(C)(OC)C(O)C(C)O2)C(C)C(O)C(O)(CC2OC(C)CC(N(C)C)C2O)CC(C)C(=O)C(C)C(O)C1(C)O. The lowest BCUT2D eigenvalue weighted by Crippen LogP contribution is -2.61. The Morgan fingerprint density at radius 2 is 1.49 bits per heavy atom. The van der Waals surface area contributed by atoms with Crippen LogP contribution in [0, 0.1) is 23.7 Å². The molecule has 3 heterocycles. The molecule has 0 bridgehead atoms. The number of nitrogens with zero attached hydrogens (tertiary/aromatic N) is 1. The first-order valence-electron chi connectivity index (χ1n) is 18.5. The van der Waals surface area contributed by atoms with Crippen LogP contribution in [0.25, 0.3) is 0 Å². The van der Waals surface area contributed by atoms with E-state index < -0.39 is 107 Å². The summed E-state index contributed by atoms with van der Waals surface area (Å²) in [5.41, 5.74) is -5.18. The molecule has 0 aromatic rings. The number of hydrogen-bond donors (Lipinski definition) is 6. The highest BCUT2D eigenvalue weighted by atomic mass is 16.7. The Bertz CT molecular complexity index is 1170. The fourth-order valence-corrected chi connectivity index (χ4v) is 8.59.